The maximum atomic E-state index is 12.0. The van der Waals surface area contributed by atoms with E-state index in [-0.39, 0.29) is 11.6 Å². The Balaban J connectivity index is 1.59. The van der Waals surface area contributed by atoms with Gasteiger partial charge in [0.15, 0.2) is 0 Å². The number of aromatic nitrogens is 2. The standard InChI is InChI=1S/C17H17N3O3/c1-23-13-5-2-11(3-6-13)9-16(21)18-10-12-4-7-14-15(8-12)20-17(22)19-14/h2-8H,9-10H2,1H3,(H,18,21)(H2,19,20,22). The number of aromatic amines is 2. The van der Waals surface area contributed by atoms with E-state index in [0.717, 1.165) is 27.9 Å². The van der Waals surface area contributed by atoms with Gasteiger partial charge in [-0.3, -0.25) is 4.79 Å². The summed E-state index contributed by atoms with van der Waals surface area (Å²) in [7, 11) is 1.61. The van der Waals surface area contributed by atoms with E-state index in [1.54, 1.807) is 7.11 Å². The van der Waals surface area contributed by atoms with Crippen LogP contribution < -0.4 is 15.7 Å². The highest BCUT2D eigenvalue weighted by molar-refractivity contribution is 5.79. The molecule has 0 aliphatic heterocycles. The molecular formula is C17H17N3O3. The lowest BCUT2D eigenvalue weighted by molar-refractivity contribution is -0.120. The number of methoxy groups -OCH3 is 1. The minimum Gasteiger partial charge on any atom is -0.497 e. The van der Waals surface area contributed by atoms with Crippen molar-refractivity contribution in [3.8, 4) is 5.75 Å². The number of hydrogen-bond acceptors (Lipinski definition) is 3. The summed E-state index contributed by atoms with van der Waals surface area (Å²) in [5.41, 5.74) is 3.10. The van der Waals surface area contributed by atoms with Crippen LogP contribution >= 0.6 is 0 Å². The molecule has 0 fully saturated rings. The van der Waals surface area contributed by atoms with Crippen LogP contribution in [0.3, 0.4) is 0 Å². The Morgan fingerprint density at radius 3 is 2.48 bits per heavy atom. The topological polar surface area (TPSA) is 87.0 Å². The Hall–Kier alpha value is -3.02. The van der Waals surface area contributed by atoms with Crippen LogP contribution in [0.4, 0.5) is 0 Å². The van der Waals surface area contributed by atoms with Gasteiger partial charge in [-0.2, -0.15) is 0 Å². The molecule has 0 aliphatic carbocycles. The molecule has 6 heteroatoms. The summed E-state index contributed by atoms with van der Waals surface area (Å²) in [6.07, 6.45) is 0.313. The van der Waals surface area contributed by atoms with Crippen molar-refractivity contribution < 1.29 is 9.53 Å². The predicted octanol–water partition coefficient (Wildman–Crippen LogP) is 1.72. The second-order valence-corrected chi connectivity index (χ2v) is 5.26. The summed E-state index contributed by atoms with van der Waals surface area (Å²) in [6, 6.07) is 12.9. The number of carbonyl (C=O) groups is 1. The van der Waals surface area contributed by atoms with Crippen molar-refractivity contribution in [1.82, 2.24) is 15.3 Å². The number of hydrogen-bond donors (Lipinski definition) is 3. The fourth-order valence-electron chi connectivity index (χ4n) is 2.38. The highest BCUT2D eigenvalue weighted by Crippen LogP contribution is 2.12. The number of fused-ring (bicyclic) bond motifs is 1. The molecule has 6 nitrogen and oxygen atoms in total. The van der Waals surface area contributed by atoms with E-state index in [1.807, 2.05) is 42.5 Å². The lowest BCUT2D eigenvalue weighted by Crippen LogP contribution is -2.24. The molecule has 0 saturated carbocycles. The van der Waals surface area contributed by atoms with Gasteiger partial charge in [-0.15, -0.1) is 0 Å². The van der Waals surface area contributed by atoms with Crippen molar-refractivity contribution in [1.29, 1.82) is 0 Å². The predicted molar refractivity (Wildman–Crippen MR) is 87.5 cm³/mol. The first kappa shape index (κ1) is 14.9. The lowest BCUT2D eigenvalue weighted by Gasteiger charge is -2.06. The van der Waals surface area contributed by atoms with Crippen molar-refractivity contribution in [2.75, 3.05) is 7.11 Å². The Morgan fingerprint density at radius 1 is 1.04 bits per heavy atom. The summed E-state index contributed by atoms with van der Waals surface area (Å²) in [4.78, 5) is 28.6. The summed E-state index contributed by atoms with van der Waals surface area (Å²) >= 11 is 0. The molecule has 0 aliphatic rings. The maximum Gasteiger partial charge on any atom is 0.323 e. The van der Waals surface area contributed by atoms with Crippen molar-refractivity contribution in [2.24, 2.45) is 0 Å². The molecule has 0 bridgehead atoms. The number of imidazole rings is 1. The molecule has 2 aromatic carbocycles. The van der Waals surface area contributed by atoms with Crippen molar-refractivity contribution in [2.45, 2.75) is 13.0 Å². The van der Waals surface area contributed by atoms with Crippen LogP contribution in [-0.2, 0) is 17.8 Å². The first-order valence-corrected chi connectivity index (χ1v) is 7.24. The van der Waals surface area contributed by atoms with Gasteiger partial charge in [-0.25, -0.2) is 4.79 Å². The summed E-state index contributed by atoms with van der Waals surface area (Å²) in [5.74, 6) is 0.709. The fourth-order valence-corrected chi connectivity index (χ4v) is 2.38. The second-order valence-electron chi connectivity index (χ2n) is 5.26. The molecule has 3 rings (SSSR count). The Bertz CT molecular complexity index is 878. The molecule has 0 spiro atoms. The van der Waals surface area contributed by atoms with Gasteiger partial charge in [0, 0.05) is 6.54 Å². The number of H-pyrrole nitrogens is 2. The van der Waals surface area contributed by atoms with Gasteiger partial charge in [0.2, 0.25) is 5.91 Å². The van der Waals surface area contributed by atoms with Crippen LogP contribution in [0.25, 0.3) is 11.0 Å². The van der Waals surface area contributed by atoms with Crippen LogP contribution in [0.2, 0.25) is 0 Å². The first-order valence-electron chi connectivity index (χ1n) is 7.24. The quantitative estimate of drug-likeness (QED) is 0.670. The van der Waals surface area contributed by atoms with Gasteiger partial charge in [-0.05, 0) is 35.4 Å². The van der Waals surface area contributed by atoms with Crippen LogP contribution in [-0.4, -0.2) is 23.0 Å². The monoisotopic (exact) mass is 311 g/mol. The number of rotatable bonds is 5. The minimum atomic E-state index is -0.235. The molecule has 0 atom stereocenters. The van der Waals surface area contributed by atoms with Crippen LogP contribution in [0, 0.1) is 0 Å². The van der Waals surface area contributed by atoms with Crippen molar-refractivity contribution >= 4 is 16.9 Å². The molecule has 0 unspecified atom stereocenters. The lowest BCUT2D eigenvalue weighted by atomic mass is 10.1. The third-order valence-corrected chi connectivity index (χ3v) is 3.59. The number of amides is 1. The van der Waals surface area contributed by atoms with Gasteiger partial charge >= 0.3 is 5.69 Å². The average molecular weight is 311 g/mol. The number of carbonyl (C=O) groups excluding carboxylic acids is 1. The largest absolute Gasteiger partial charge is 0.497 e. The molecule has 0 saturated heterocycles. The van der Waals surface area contributed by atoms with E-state index in [9.17, 15) is 9.59 Å². The maximum absolute atomic E-state index is 12.0. The van der Waals surface area contributed by atoms with E-state index in [1.165, 1.54) is 0 Å². The summed E-state index contributed by atoms with van der Waals surface area (Å²) < 4.78 is 5.09. The van der Waals surface area contributed by atoms with E-state index in [4.69, 9.17) is 4.74 Å². The molecular weight excluding hydrogens is 294 g/mol. The summed E-state index contributed by atoms with van der Waals surface area (Å²) in [6.45, 7) is 0.415. The normalized spacial score (nSPS) is 10.7. The molecule has 3 N–H and O–H groups in total. The van der Waals surface area contributed by atoms with E-state index in [0.29, 0.717) is 13.0 Å². The Kier molecular flexibility index (Phi) is 4.14. The number of ether oxygens (including phenoxy) is 1. The number of nitrogens with one attached hydrogen (secondary N) is 3. The zero-order valence-corrected chi connectivity index (χ0v) is 12.7. The smallest absolute Gasteiger partial charge is 0.323 e. The molecule has 1 amide bonds. The van der Waals surface area contributed by atoms with Crippen molar-refractivity contribution in [3.05, 3.63) is 64.1 Å². The Morgan fingerprint density at radius 2 is 1.74 bits per heavy atom. The molecule has 23 heavy (non-hydrogen) atoms. The van der Waals surface area contributed by atoms with Crippen LogP contribution in [0.15, 0.2) is 47.3 Å². The third-order valence-electron chi connectivity index (χ3n) is 3.59. The van der Waals surface area contributed by atoms with E-state index >= 15 is 0 Å². The van der Waals surface area contributed by atoms with Gasteiger partial charge < -0.3 is 20.0 Å². The van der Waals surface area contributed by atoms with Crippen LogP contribution in [0.5, 0.6) is 5.75 Å². The van der Waals surface area contributed by atoms with Gasteiger partial charge in [-0.1, -0.05) is 18.2 Å². The SMILES string of the molecule is COc1ccc(CC(=O)NCc2ccc3[nH]c(=O)[nH]c3c2)cc1. The second kappa shape index (κ2) is 6.39. The third kappa shape index (κ3) is 3.60. The van der Waals surface area contributed by atoms with E-state index < -0.39 is 0 Å². The average Bonchev–Trinajstić information content (AvgIpc) is 2.93. The molecule has 0 radical (unpaired) electrons. The van der Waals surface area contributed by atoms with Crippen molar-refractivity contribution in [3.63, 3.8) is 0 Å². The highest BCUT2D eigenvalue weighted by atomic mass is 16.5. The molecule has 118 valence electrons. The van der Waals surface area contributed by atoms with E-state index in [2.05, 4.69) is 15.3 Å². The molecule has 3 aromatic rings. The zero-order valence-electron chi connectivity index (χ0n) is 12.7. The number of benzene rings is 2. The fraction of sp³-hybridized carbons (Fsp3) is 0.176. The van der Waals surface area contributed by atoms with Crippen LogP contribution in [0.1, 0.15) is 11.1 Å². The first-order chi connectivity index (χ1) is 11.1. The van der Waals surface area contributed by atoms with Gasteiger partial charge in [0.05, 0.1) is 24.6 Å². The van der Waals surface area contributed by atoms with Gasteiger partial charge in [0.1, 0.15) is 5.75 Å². The zero-order chi connectivity index (χ0) is 16.2. The summed E-state index contributed by atoms with van der Waals surface area (Å²) in [5, 5.41) is 2.88. The molecule has 1 heterocycles. The van der Waals surface area contributed by atoms with Gasteiger partial charge in [0.25, 0.3) is 0 Å². The Labute approximate surface area is 132 Å². The molecule has 1 aromatic heterocycles. The highest BCUT2D eigenvalue weighted by Gasteiger charge is 2.05. The minimum absolute atomic E-state index is 0.0576.